The van der Waals surface area contributed by atoms with Crippen LogP contribution in [-0.4, -0.2) is 25.6 Å². The minimum atomic E-state index is -3.32. The number of hydrogen-bond acceptors (Lipinski definition) is 3. The molecule has 1 aliphatic carbocycles. The van der Waals surface area contributed by atoms with Crippen molar-refractivity contribution in [1.82, 2.24) is 4.98 Å². The third-order valence-electron chi connectivity index (χ3n) is 3.55. The molecule has 0 amide bonds. The van der Waals surface area contributed by atoms with Gasteiger partial charge >= 0.3 is 0 Å². The van der Waals surface area contributed by atoms with Gasteiger partial charge in [0, 0.05) is 18.6 Å². The maximum Gasteiger partial charge on any atom is 0.286 e. The Morgan fingerprint density at radius 2 is 1.35 bits per heavy atom. The summed E-state index contributed by atoms with van der Waals surface area (Å²) in [6, 6.07) is 9.24. The second-order valence-electron chi connectivity index (χ2n) is 5.32. The van der Waals surface area contributed by atoms with Gasteiger partial charge in [-0.2, -0.15) is 8.78 Å². The van der Waals surface area contributed by atoms with E-state index < -0.39 is 15.8 Å². The quantitative estimate of drug-likeness (QED) is 0.862. The molecule has 0 radical (unpaired) electrons. The van der Waals surface area contributed by atoms with E-state index in [4.69, 9.17) is 0 Å². The van der Waals surface area contributed by atoms with Gasteiger partial charge in [-0.3, -0.25) is 4.98 Å². The first kappa shape index (κ1) is 15.6. The molecular weight excluding hydrogens is 320 g/mol. The summed E-state index contributed by atoms with van der Waals surface area (Å²) in [7, 11) is -3.32. The molecule has 0 spiro atoms. The number of rotatable bonds is 3. The zero-order valence-corrected chi connectivity index (χ0v) is 13.0. The summed E-state index contributed by atoms with van der Waals surface area (Å²) in [6.45, 7) is 0. The molecule has 2 aromatic rings. The fourth-order valence-electron chi connectivity index (χ4n) is 2.47. The van der Waals surface area contributed by atoms with Crippen molar-refractivity contribution in [2.24, 2.45) is 0 Å². The first-order valence-electron chi connectivity index (χ1n) is 6.81. The standard InChI is InChI=1S/C17H13F2NO2S/c1-23(21,22)14-4-2-12(3-5-14)15-10-17(18,19)11-16(15)13-6-8-20-9-7-13/h2-11H,1H3. The molecule has 3 nitrogen and oxygen atoms in total. The lowest BCUT2D eigenvalue weighted by molar-refractivity contribution is 0.115. The number of sulfone groups is 1. The van der Waals surface area contributed by atoms with Crippen molar-refractivity contribution in [1.29, 1.82) is 0 Å². The van der Waals surface area contributed by atoms with Gasteiger partial charge < -0.3 is 0 Å². The number of halogens is 2. The average molecular weight is 333 g/mol. The minimum absolute atomic E-state index is 0.154. The monoisotopic (exact) mass is 333 g/mol. The lowest BCUT2D eigenvalue weighted by atomic mass is 9.96. The number of allylic oxidation sites excluding steroid dienone is 4. The van der Waals surface area contributed by atoms with E-state index in [-0.39, 0.29) is 4.90 Å². The zero-order chi connectivity index (χ0) is 16.7. The van der Waals surface area contributed by atoms with Crippen molar-refractivity contribution in [3.8, 4) is 0 Å². The molecule has 0 atom stereocenters. The maximum atomic E-state index is 13.8. The summed E-state index contributed by atoms with van der Waals surface area (Å²) in [5, 5.41) is 0. The van der Waals surface area contributed by atoms with Gasteiger partial charge in [-0.15, -0.1) is 0 Å². The van der Waals surface area contributed by atoms with E-state index >= 15 is 0 Å². The highest BCUT2D eigenvalue weighted by Crippen LogP contribution is 2.42. The molecule has 0 saturated heterocycles. The lowest BCUT2D eigenvalue weighted by Crippen LogP contribution is -2.03. The Morgan fingerprint density at radius 3 is 1.83 bits per heavy atom. The fourth-order valence-corrected chi connectivity index (χ4v) is 3.10. The Kier molecular flexibility index (Phi) is 3.64. The molecule has 0 saturated carbocycles. The van der Waals surface area contributed by atoms with E-state index in [1.54, 1.807) is 24.3 Å². The summed E-state index contributed by atoms with van der Waals surface area (Å²) in [4.78, 5) is 4.04. The highest BCUT2D eigenvalue weighted by atomic mass is 32.2. The molecule has 0 unspecified atom stereocenters. The molecule has 3 rings (SSSR count). The number of hydrogen-bond donors (Lipinski definition) is 0. The Bertz CT molecular complexity index is 899. The van der Waals surface area contributed by atoms with Crippen molar-refractivity contribution >= 4 is 21.0 Å². The number of alkyl halides is 2. The molecule has 1 aromatic carbocycles. The van der Waals surface area contributed by atoms with Crippen LogP contribution in [0.3, 0.4) is 0 Å². The molecule has 6 heteroatoms. The molecule has 0 bridgehead atoms. The maximum absolute atomic E-state index is 13.8. The first-order chi connectivity index (χ1) is 10.8. The van der Waals surface area contributed by atoms with Crippen LogP contribution in [0.1, 0.15) is 11.1 Å². The predicted molar refractivity (Wildman–Crippen MR) is 84.7 cm³/mol. The number of pyridine rings is 1. The highest BCUT2D eigenvalue weighted by molar-refractivity contribution is 7.90. The Balaban J connectivity index is 2.06. The Hall–Kier alpha value is -2.34. The smallest absolute Gasteiger partial charge is 0.265 e. The van der Waals surface area contributed by atoms with E-state index in [1.165, 1.54) is 24.5 Å². The highest BCUT2D eigenvalue weighted by Gasteiger charge is 2.32. The van der Waals surface area contributed by atoms with Gasteiger partial charge in [0.1, 0.15) is 0 Å². The molecule has 118 valence electrons. The van der Waals surface area contributed by atoms with E-state index in [9.17, 15) is 17.2 Å². The molecule has 0 N–H and O–H groups in total. The fraction of sp³-hybridized carbons (Fsp3) is 0.118. The summed E-state index contributed by atoms with van der Waals surface area (Å²) in [5.41, 5.74) is 1.96. The van der Waals surface area contributed by atoms with E-state index in [0.717, 1.165) is 18.4 Å². The third kappa shape index (κ3) is 3.22. The van der Waals surface area contributed by atoms with Crippen LogP contribution in [0, 0.1) is 0 Å². The molecule has 0 fully saturated rings. The van der Waals surface area contributed by atoms with Gasteiger partial charge in [0.05, 0.1) is 4.90 Å². The van der Waals surface area contributed by atoms with Crippen LogP contribution in [0.15, 0.2) is 65.8 Å². The van der Waals surface area contributed by atoms with Crippen molar-refractivity contribution in [3.05, 3.63) is 72.1 Å². The molecule has 1 aliphatic rings. The number of benzene rings is 1. The molecule has 1 aromatic heterocycles. The number of nitrogens with zero attached hydrogens (tertiary/aromatic N) is 1. The topological polar surface area (TPSA) is 47.0 Å². The van der Waals surface area contributed by atoms with E-state index in [1.807, 2.05) is 0 Å². The van der Waals surface area contributed by atoms with Gasteiger partial charge in [0.2, 0.25) is 0 Å². The summed E-state index contributed by atoms with van der Waals surface area (Å²) < 4.78 is 50.6. The van der Waals surface area contributed by atoms with E-state index in [2.05, 4.69) is 4.98 Å². The minimum Gasteiger partial charge on any atom is -0.265 e. The van der Waals surface area contributed by atoms with Crippen LogP contribution in [0.4, 0.5) is 8.78 Å². The molecule has 23 heavy (non-hydrogen) atoms. The van der Waals surface area contributed by atoms with Gasteiger partial charge in [-0.05, 0) is 58.7 Å². The number of aromatic nitrogens is 1. The summed E-state index contributed by atoms with van der Waals surface area (Å²) in [5.74, 6) is -3.04. The Morgan fingerprint density at radius 1 is 0.870 bits per heavy atom. The zero-order valence-electron chi connectivity index (χ0n) is 12.2. The molecular formula is C17H13F2NO2S. The predicted octanol–water partition coefficient (Wildman–Crippen LogP) is 3.60. The van der Waals surface area contributed by atoms with Crippen molar-refractivity contribution in [2.75, 3.05) is 6.26 Å². The summed E-state index contributed by atoms with van der Waals surface area (Å²) >= 11 is 0. The first-order valence-corrected chi connectivity index (χ1v) is 8.70. The second kappa shape index (κ2) is 5.38. The van der Waals surface area contributed by atoms with Gasteiger partial charge in [0.15, 0.2) is 9.84 Å². The van der Waals surface area contributed by atoms with Crippen LogP contribution in [-0.2, 0) is 9.84 Å². The molecule has 0 aliphatic heterocycles. The SMILES string of the molecule is CS(=O)(=O)c1ccc(C2=CC(F)(F)C=C2c2ccncc2)cc1. The van der Waals surface area contributed by atoms with Crippen LogP contribution in [0.2, 0.25) is 0 Å². The Labute approximate surface area is 132 Å². The largest absolute Gasteiger partial charge is 0.286 e. The van der Waals surface area contributed by atoms with Gasteiger partial charge in [-0.1, -0.05) is 12.1 Å². The normalized spacial score (nSPS) is 16.8. The summed E-state index contributed by atoms with van der Waals surface area (Å²) in [6.07, 6.45) is 5.97. The van der Waals surface area contributed by atoms with Crippen molar-refractivity contribution < 1.29 is 17.2 Å². The van der Waals surface area contributed by atoms with Crippen LogP contribution < -0.4 is 0 Å². The average Bonchev–Trinajstić information content (AvgIpc) is 2.83. The second-order valence-corrected chi connectivity index (χ2v) is 7.34. The molecule has 1 heterocycles. The third-order valence-corrected chi connectivity index (χ3v) is 4.68. The van der Waals surface area contributed by atoms with Crippen molar-refractivity contribution in [2.45, 2.75) is 10.8 Å². The van der Waals surface area contributed by atoms with E-state index in [0.29, 0.717) is 22.3 Å². The van der Waals surface area contributed by atoms with Gasteiger partial charge in [-0.25, -0.2) is 8.42 Å². The van der Waals surface area contributed by atoms with Crippen LogP contribution in [0.25, 0.3) is 11.1 Å². The van der Waals surface area contributed by atoms with Crippen molar-refractivity contribution in [3.63, 3.8) is 0 Å². The van der Waals surface area contributed by atoms with Crippen LogP contribution in [0.5, 0.6) is 0 Å². The lowest BCUT2D eigenvalue weighted by Gasteiger charge is -2.09. The van der Waals surface area contributed by atoms with Gasteiger partial charge in [0.25, 0.3) is 5.92 Å². The van der Waals surface area contributed by atoms with Crippen LogP contribution >= 0.6 is 0 Å².